The molecule has 1 aliphatic heterocycles. The van der Waals surface area contributed by atoms with Gasteiger partial charge >= 0.3 is 21.6 Å². The van der Waals surface area contributed by atoms with Gasteiger partial charge in [0.2, 0.25) is 0 Å². The van der Waals surface area contributed by atoms with Crippen LogP contribution in [0.1, 0.15) is 26.3 Å². The highest BCUT2D eigenvalue weighted by Crippen LogP contribution is 2.36. The van der Waals surface area contributed by atoms with Gasteiger partial charge in [-0.05, 0) is 36.4 Å². The Morgan fingerprint density at radius 2 is 1.75 bits per heavy atom. The van der Waals surface area contributed by atoms with Crippen LogP contribution in [0, 0.1) is 0 Å². The smallest absolute Gasteiger partial charge is 0.465 e. The molecule has 2 aromatic rings. The molecule has 2 aromatic carbocycles. The first kappa shape index (κ1) is 19.7. The fourth-order valence-corrected chi connectivity index (χ4v) is 3.14. The number of anilines is 1. The molecular weight excluding hydrogens is 403 g/mol. The Morgan fingerprint density at radius 1 is 1.11 bits per heavy atom. The van der Waals surface area contributed by atoms with E-state index in [4.69, 9.17) is 0 Å². The number of hydrogen-bond donors (Lipinski definition) is 0. The van der Waals surface area contributed by atoms with Gasteiger partial charge in [-0.1, -0.05) is 6.07 Å². The van der Waals surface area contributed by atoms with E-state index in [2.05, 4.69) is 8.92 Å². The van der Waals surface area contributed by atoms with Crippen LogP contribution >= 0.6 is 0 Å². The average molecular weight is 415 g/mol. The van der Waals surface area contributed by atoms with Crippen molar-refractivity contribution in [2.45, 2.75) is 12.1 Å². The fraction of sp³-hybridized carbons (Fsp3) is 0.176. The van der Waals surface area contributed by atoms with E-state index >= 15 is 0 Å². The standard InChI is InChI=1S/C17H12F3NO6S/c1-26-16(23)10-5-7-11(8-6-10)21-9-13-12(15(21)22)3-2-4-14(13)27-28(24,25)17(18,19)20/h2-8H,9H2,1H3. The van der Waals surface area contributed by atoms with Gasteiger partial charge in [-0.2, -0.15) is 21.6 Å². The van der Waals surface area contributed by atoms with Gasteiger partial charge in [0.05, 0.1) is 19.2 Å². The number of alkyl halides is 3. The van der Waals surface area contributed by atoms with E-state index in [9.17, 15) is 31.2 Å². The number of hydrogen-bond acceptors (Lipinski definition) is 6. The fourth-order valence-electron chi connectivity index (χ4n) is 2.65. The largest absolute Gasteiger partial charge is 0.534 e. The highest BCUT2D eigenvalue weighted by Gasteiger charge is 2.49. The van der Waals surface area contributed by atoms with Crippen LogP contribution in [0.2, 0.25) is 0 Å². The second-order valence-corrected chi connectivity index (χ2v) is 7.23. The maximum absolute atomic E-state index is 12.6. The predicted molar refractivity (Wildman–Crippen MR) is 90.3 cm³/mol. The minimum atomic E-state index is -5.87. The molecule has 0 saturated carbocycles. The molecule has 0 fully saturated rings. The van der Waals surface area contributed by atoms with Crippen molar-refractivity contribution >= 4 is 27.7 Å². The van der Waals surface area contributed by atoms with E-state index in [0.29, 0.717) is 5.69 Å². The van der Waals surface area contributed by atoms with Gasteiger partial charge in [0.25, 0.3) is 5.91 Å². The van der Waals surface area contributed by atoms with Gasteiger partial charge in [-0.25, -0.2) is 4.79 Å². The molecule has 11 heteroatoms. The topological polar surface area (TPSA) is 90.0 Å². The quantitative estimate of drug-likeness (QED) is 0.433. The monoisotopic (exact) mass is 415 g/mol. The molecule has 0 atom stereocenters. The van der Waals surface area contributed by atoms with E-state index < -0.39 is 33.3 Å². The Morgan fingerprint density at radius 3 is 2.32 bits per heavy atom. The third-order valence-electron chi connectivity index (χ3n) is 4.01. The number of ether oxygens (including phenoxy) is 1. The molecule has 0 spiro atoms. The summed E-state index contributed by atoms with van der Waals surface area (Å²) < 4.78 is 69.2. The number of halogens is 3. The second-order valence-electron chi connectivity index (χ2n) is 5.70. The summed E-state index contributed by atoms with van der Waals surface area (Å²) >= 11 is 0. The molecule has 0 radical (unpaired) electrons. The molecule has 0 unspecified atom stereocenters. The molecule has 0 saturated heterocycles. The zero-order chi connectivity index (χ0) is 20.7. The average Bonchev–Trinajstić information content (AvgIpc) is 2.98. The number of esters is 1. The number of fused-ring (bicyclic) bond motifs is 1. The van der Waals surface area contributed by atoms with E-state index in [1.807, 2.05) is 0 Å². The summed E-state index contributed by atoms with van der Waals surface area (Å²) in [6, 6.07) is 9.38. The maximum atomic E-state index is 12.6. The van der Waals surface area contributed by atoms with Gasteiger partial charge in [0.1, 0.15) is 5.75 Å². The molecule has 0 bridgehead atoms. The predicted octanol–water partition coefficient (Wildman–Crippen LogP) is 2.86. The van der Waals surface area contributed by atoms with Crippen molar-refractivity contribution in [3.63, 3.8) is 0 Å². The van der Waals surface area contributed by atoms with E-state index in [-0.39, 0.29) is 23.2 Å². The van der Waals surface area contributed by atoms with Crippen molar-refractivity contribution in [1.82, 2.24) is 0 Å². The molecule has 0 aromatic heterocycles. The SMILES string of the molecule is COC(=O)c1ccc(N2Cc3c(OS(=O)(=O)C(F)(F)F)cccc3C2=O)cc1. The number of benzene rings is 2. The van der Waals surface area contributed by atoms with Crippen LogP contribution in [0.5, 0.6) is 5.75 Å². The van der Waals surface area contributed by atoms with Crippen LogP contribution in [0.25, 0.3) is 0 Å². The molecule has 7 nitrogen and oxygen atoms in total. The van der Waals surface area contributed by atoms with Crippen LogP contribution < -0.4 is 9.08 Å². The van der Waals surface area contributed by atoms with Gasteiger partial charge in [0, 0.05) is 16.8 Å². The number of nitrogens with zero attached hydrogens (tertiary/aromatic N) is 1. The molecular formula is C17H12F3NO6S. The summed E-state index contributed by atoms with van der Waals surface area (Å²) in [6.07, 6.45) is 0. The van der Waals surface area contributed by atoms with Gasteiger partial charge in [-0.3, -0.25) is 4.79 Å². The Balaban J connectivity index is 1.92. The summed E-state index contributed by atoms with van der Waals surface area (Å²) in [5, 5.41) is 0. The molecule has 1 aliphatic rings. The lowest BCUT2D eigenvalue weighted by Crippen LogP contribution is -2.28. The lowest BCUT2D eigenvalue weighted by molar-refractivity contribution is -0.0500. The van der Waals surface area contributed by atoms with E-state index in [0.717, 1.165) is 6.07 Å². The zero-order valence-corrected chi connectivity index (χ0v) is 15.0. The minimum absolute atomic E-state index is 0.0115. The Labute approximate surface area is 157 Å². The molecule has 148 valence electrons. The van der Waals surface area contributed by atoms with Gasteiger partial charge in [0.15, 0.2) is 0 Å². The normalized spacial score (nSPS) is 14.0. The van der Waals surface area contributed by atoms with Crippen molar-refractivity contribution in [2.75, 3.05) is 12.0 Å². The number of carbonyl (C=O) groups excluding carboxylic acids is 2. The lowest BCUT2D eigenvalue weighted by atomic mass is 10.1. The third-order valence-corrected chi connectivity index (χ3v) is 4.97. The maximum Gasteiger partial charge on any atom is 0.534 e. The van der Waals surface area contributed by atoms with Crippen molar-refractivity contribution in [3.8, 4) is 5.75 Å². The van der Waals surface area contributed by atoms with Crippen molar-refractivity contribution in [1.29, 1.82) is 0 Å². The Kier molecular flexibility index (Phi) is 4.79. The highest BCUT2D eigenvalue weighted by molar-refractivity contribution is 7.88. The van der Waals surface area contributed by atoms with Crippen molar-refractivity contribution in [3.05, 3.63) is 59.2 Å². The summed E-state index contributed by atoms with van der Waals surface area (Å²) in [7, 11) is -4.66. The molecule has 0 N–H and O–H groups in total. The minimum Gasteiger partial charge on any atom is -0.465 e. The highest BCUT2D eigenvalue weighted by atomic mass is 32.2. The molecule has 3 rings (SSSR count). The Bertz CT molecular complexity index is 1050. The lowest BCUT2D eigenvalue weighted by Gasteiger charge is -2.16. The van der Waals surface area contributed by atoms with E-state index in [1.54, 1.807) is 0 Å². The first-order valence-electron chi connectivity index (χ1n) is 7.68. The second kappa shape index (κ2) is 6.82. The molecule has 0 aliphatic carbocycles. The molecule has 1 amide bonds. The van der Waals surface area contributed by atoms with Crippen molar-refractivity contribution < 1.29 is 40.1 Å². The third kappa shape index (κ3) is 3.40. The van der Waals surface area contributed by atoms with Crippen LogP contribution in [0.3, 0.4) is 0 Å². The molecule has 1 heterocycles. The number of carbonyl (C=O) groups is 2. The van der Waals surface area contributed by atoms with Gasteiger partial charge in [-0.15, -0.1) is 0 Å². The first-order chi connectivity index (χ1) is 13.0. The van der Waals surface area contributed by atoms with Gasteiger partial charge < -0.3 is 13.8 Å². The zero-order valence-electron chi connectivity index (χ0n) is 14.2. The van der Waals surface area contributed by atoms with Crippen molar-refractivity contribution in [2.24, 2.45) is 0 Å². The number of rotatable bonds is 4. The molecule has 28 heavy (non-hydrogen) atoms. The van der Waals surface area contributed by atoms with Crippen LogP contribution in [0.4, 0.5) is 18.9 Å². The number of methoxy groups -OCH3 is 1. The van der Waals surface area contributed by atoms with Crippen LogP contribution in [-0.2, 0) is 21.4 Å². The summed E-state index contributed by atoms with van der Waals surface area (Å²) in [4.78, 5) is 25.3. The Hall–Kier alpha value is -3.08. The summed E-state index contributed by atoms with van der Waals surface area (Å²) in [5.74, 6) is -1.69. The summed E-state index contributed by atoms with van der Waals surface area (Å²) in [5.41, 5.74) is -4.96. The van der Waals surface area contributed by atoms with Crippen LogP contribution in [-0.4, -0.2) is 32.9 Å². The summed E-state index contributed by atoms with van der Waals surface area (Å²) in [6.45, 7) is -0.199. The van der Waals surface area contributed by atoms with Crippen LogP contribution in [0.15, 0.2) is 42.5 Å². The first-order valence-corrected chi connectivity index (χ1v) is 9.09. The number of amides is 1. The van der Waals surface area contributed by atoms with E-state index in [1.165, 1.54) is 48.4 Å².